The van der Waals surface area contributed by atoms with E-state index in [0.29, 0.717) is 11.5 Å². The van der Waals surface area contributed by atoms with Gasteiger partial charge in [0.15, 0.2) is 5.82 Å². The van der Waals surface area contributed by atoms with Gasteiger partial charge in [-0.25, -0.2) is 9.97 Å². The first-order valence-electron chi connectivity index (χ1n) is 10.4. The van der Waals surface area contributed by atoms with Gasteiger partial charge in [-0.15, -0.1) is 0 Å². The van der Waals surface area contributed by atoms with E-state index in [1.807, 2.05) is 78.9 Å². The molecule has 0 fully saturated rings. The minimum Gasteiger partial charge on any atom is -0.506 e. The number of anilines is 2. The summed E-state index contributed by atoms with van der Waals surface area (Å²) < 4.78 is 0. The number of para-hydroxylation sites is 2. The fraction of sp³-hybridized carbons (Fsp3) is 0. The van der Waals surface area contributed by atoms with E-state index in [0.717, 1.165) is 33.8 Å². The number of hydrogen-bond acceptors (Lipinski definition) is 4. The van der Waals surface area contributed by atoms with Crippen LogP contribution in [0.15, 0.2) is 115 Å². The van der Waals surface area contributed by atoms with Crippen molar-refractivity contribution in [2.45, 2.75) is 0 Å². The van der Waals surface area contributed by atoms with E-state index < -0.39 is 0 Å². The lowest BCUT2D eigenvalue weighted by Crippen LogP contribution is -1.96. The Morgan fingerprint density at radius 3 is 1.62 bits per heavy atom. The molecule has 0 saturated carbocycles. The van der Waals surface area contributed by atoms with Crippen LogP contribution in [0.2, 0.25) is 0 Å². The smallest absolute Gasteiger partial charge is 0.160 e. The molecule has 5 aromatic rings. The third-order valence-electron chi connectivity index (χ3n) is 5.19. The largest absolute Gasteiger partial charge is 0.506 e. The highest BCUT2D eigenvalue weighted by atomic mass is 16.3. The molecule has 32 heavy (non-hydrogen) atoms. The Bertz CT molecular complexity index is 1280. The van der Waals surface area contributed by atoms with E-state index in [-0.39, 0.29) is 5.75 Å². The van der Waals surface area contributed by atoms with E-state index in [4.69, 9.17) is 9.97 Å². The highest BCUT2D eigenvalue weighted by Crippen LogP contribution is 2.29. The Labute approximate surface area is 186 Å². The number of hydrogen-bond donors (Lipinski definition) is 2. The molecule has 0 radical (unpaired) electrons. The summed E-state index contributed by atoms with van der Waals surface area (Å²) in [4.78, 5) is 9.71. The van der Waals surface area contributed by atoms with Crippen molar-refractivity contribution >= 4 is 11.4 Å². The first-order chi connectivity index (χ1) is 15.8. The Balaban J connectivity index is 1.53. The van der Waals surface area contributed by atoms with Gasteiger partial charge in [-0.2, -0.15) is 0 Å². The van der Waals surface area contributed by atoms with Gasteiger partial charge < -0.3 is 10.4 Å². The second-order valence-corrected chi connectivity index (χ2v) is 7.41. The van der Waals surface area contributed by atoms with Gasteiger partial charge >= 0.3 is 0 Å². The minimum absolute atomic E-state index is 0.211. The van der Waals surface area contributed by atoms with Crippen LogP contribution < -0.4 is 5.32 Å². The predicted octanol–water partition coefficient (Wildman–Crippen LogP) is 6.93. The first-order valence-corrected chi connectivity index (χ1v) is 10.4. The lowest BCUT2D eigenvalue weighted by molar-refractivity contribution is 0.478. The van der Waals surface area contributed by atoms with Crippen LogP contribution in [-0.4, -0.2) is 15.1 Å². The molecule has 4 aromatic carbocycles. The fourth-order valence-electron chi connectivity index (χ4n) is 3.53. The second kappa shape index (κ2) is 8.74. The van der Waals surface area contributed by atoms with Gasteiger partial charge in [-0.05, 0) is 42.5 Å². The number of nitrogens with one attached hydrogen (secondary N) is 1. The molecule has 154 valence electrons. The average molecular weight is 415 g/mol. The molecule has 0 unspecified atom stereocenters. The molecule has 4 nitrogen and oxygen atoms in total. The van der Waals surface area contributed by atoms with Gasteiger partial charge in [0.25, 0.3) is 0 Å². The summed E-state index contributed by atoms with van der Waals surface area (Å²) in [6.07, 6.45) is 0. The van der Waals surface area contributed by atoms with Gasteiger partial charge in [0.2, 0.25) is 0 Å². The number of phenolic OH excluding ortho intramolecular Hbond substituents is 1. The topological polar surface area (TPSA) is 58.0 Å². The molecule has 0 aliphatic heterocycles. The zero-order chi connectivity index (χ0) is 21.8. The molecular weight excluding hydrogens is 394 g/mol. The zero-order valence-corrected chi connectivity index (χ0v) is 17.3. The molecule has 0 aliphatic carbocycles. The molecule has 0 saturated heterocycles. The SMILES string of the molecule is Oc1ccccc1Nc1ccc(-c2nc(-c3ccccc3)cc(-c3ccccc3)n2)cc1. The van der Waals surface area contributed by atoms with Gasteiger partial charge in [0, 0.05) is 22.4 Å². The maximum atomic E-state index is 10.00. The molecule has 0 spiro atoms. The summed E-state index contributed by atoms with van der Waals surface area (Å²) in [5.41, 5.74) is 6.31. The summed E-state index contributed by atoms with van der Waals surface area (Å²) in [7, 11) is 0. The lowest BCUT2D eigenvalue weighted by atomic mass is 10.1. The van der Waals surface area contributed by atoms with Crippen molar-refractivity contribution in [3.63, 3.8) is 0 Å². The molecule has 1 heterocycles. The van der Waals surface area contributed by atoms with E-state index in [1.165, 1.54) is 0 Å². The summed E-state index contributed by atoms with van der Waals surface area (Å²) in [5.74, 6) is 0.877. The van der Waals surface area contributed by atoms with Gasteiger partial charge in [-0.3, -0.25) is 0 Å². The number of benzene rings is 4. The van der Waals surface area contributed by atoms with E-state index in [2.05, 4.69) is 29.6 Å². The number of nitrogens with zero attached hydrogens (tertiary/aromatic N) is 2. The Kier molecular flexibility index (Phi) is 5.33. The summed E-state index contributed by atoms with van der Waals surface area (Å²) in [6.45, 7) is 0. The molecule has 0 atom stereocenters. The Hall–Kier alpha value is -4.44. The van der Waals surface area contributed by atoms with Crippen LogP contribution in [0.4, 0.5) is 11.4 Å². The van der Waals surface area contributed by atoms with Crippen LogP contribution in [0.1, 0.15) is 0 Å². The molecule has 0 amide bonds. The zero-order valence-electron chi connectivity index (χ0n) is 17.3. The average Bonchev–Trinajstić information content (AvgIpc) is 2.87. The minimum atomic E-state index is 0.211. The molecule has 0 aliphatic rings. The molecule has 1 aromatic heterocycles. The lowest BCUT2D eigenvalue weighted by Gasteiger charge is -2.11. The maximum absolute atomic E-state index is 10.00. The number of aromatic hydroxyl groups is 1. The Morgan fingerprint density at radius 1 is 0.531 bits per heavy atom. The molecule has 0 bridgehead atoms. The highest BCUT2D eigenvalue weighted by molar-refractivity contribution is 5.73. The third-order valence-corrected chi connectivity index (χ3v) is 5.19. The fourth-order valence-corrected chi connectivity index (χ4v) is 3.53. The Morgan fingerprint density at radius 2 is 1.06 bits per heavy atom. The van der Waals surface area contributed by atoms with Crippen molar-refractivity contribution in [2.24, 2.45) is 0 Å². The van der Waals surface area contributed by atoms with Crippen molar-refractivity contribution in [1.29, 1.82) is 0 Å². The van der Waals surface area contributed by atoms with Crippen molar-refractivity contribution < 1.29 is 5.11 Å². The summed E-state index contributed by atoms with van der Waals surface area (Å²) in [6, 6.07) is 37.4. The molecule has 5 rings (SSSR count). The van der Waals surface area contributed by atoms with Crippen molar-refractivity contribution in [1.82, 2.24) is 9.97 Å². The van der Waals surface area contributed by atoms with Crippen molar-refractivity contribution in [2.75, 3.05) is 5.32 Å². The van der Waals surface area contributed by atoms with Crippen molar-refractivity contribution in [3.8, 4) is 39.7 Å². The van der Waals surface area contributed by atoms with Crippen LogP contribution in [0.3, 0.4) is 0 Å². The van der Waals surface area contributed by atoms with E-state index in [1.54, 1.807) is 12.1 Å². The van der Waals surface area contributed by atoms with Crippen LogP contribution in [-0.2, 0) is 0 Å². The van der Waals surface area contributed by atoms with Gasteiger partial charge in [0.05, 0.1) is 17.1 Å². The molecular formula is C28H21N3O. The first kappa shape index (κ1) is 19.5. The molecule has 4 heteroatoms. The number of aromatic nitrogens is 2. The van der Waals surface area contributed by atoms with E-state index in [9.17, 15) is 5.11 Å². The third kappa shape index (κ3) is 4.20. The highest BCUT2D eigenvalue weighted by Gasteiger charge is 2.10. The summed E-state index contributed by atoms with van der Waals surface area (Å²) in [5, 5.41) is 13.2. The summed E-state index contributed by atoms with van der Waals surface area (Å²) >= 11 is 0. The van der Waals surface area contributed by atoms with Crippen molar-refractivity contribution in [3.05, 3.63) is 115 Å². The van der Waals surface area contributed by atoms with Crippen LogP contribution in [0.25, 0.3) is 33.9 Å². The van der Waals surface area contributed by atoms with Gasteiger partial charge in [-0.1, -0.05) is 72.8 Å². The quantitative estimate of drug-likeness (QED) is 0.306. The maximum Gasteiger partial charge on any atom is 0.160 e. The monoisotopic (exact) mass is 415 g/mol. The van der Waals surface area contributed by atoms with Crippen LogP contribution >= 0.6 is 0 Å². The number of phenols is 1. The van der Waals surface area contributed by atoms with Gasteiger partial charge in [0.1, 0.15) is 5.75 Å². The van der Waals surface area contributed by atoms with Crippen LogP contribution in [0.5, 0.6) is 5.75 Å². The van der Waals surface area contributed by atoms with Crippen LogP contribution in [0, 0.1) is 0 Å². The molecule has 2 N–H and O–H groups in total. The van der Waals surface area contributed by atoms with E-state index >= 15 is 0 Å². The standard InChI is InChI=1S/C28H21N3O/c32-27-14-8-7-13-24(27)29-23-17-15-22(16-18-23)28-30-25(20-9-3-1-4-10-20)19-26(31-28)21-11-5-2-6-12-21/h1-19,29,32H. The second-order valence-electron chi connectivity index (χ2n) is 7.41. The normalized spacial score (nSPS) is 10.6. The number of rotatable bonds is 5. The predicted molar refractivity (Wildman–Crippen MR) is 130 cm³/mol.